The lowest BCUT2D eigenvalue weighted by atomic mass is 9.92. The number of nitrogens with zero attached hydrogens (tertiary/aromatic N) is 1. The van der Waals surface area contributed by atoms with Crippen LogP contribution in [0.1, 0.15) is 45.4 Å². The lowest BCUT2D eigenvalue weighted by Crippen LogP contribution is -2.49. The predicted molar refractivity (Wildman–Crippen MR) is 72.0 cm³/mol. The maximum absolute atomic E-state index is 11.8. The molecule has 0 unspecified atom stereocenters. The van der Waals surface area contributed by atoms with Crippen LogP contribution in [0.5, 0.6) is 0 Å². The SMILES string of the molecule is C=CCCCCCC[C@@](C)(C(=O)OC)N(C)C. The number of rotatable bonds is 9. The molecule has 0 bridgehead atoms. The molecule has 0 saturated heterocycles. The number of esters is 1. The molecular formula is C14H27NO2. The van der Waals surface area contributed by atoms with Crippen molar-refractivity contribution in [1.82, 2.24) is 4.90 Å². The minimum atomic E-state index is -0.493. The number of hydrogen-bond donors (Lipinski definition) is 0. The Kier molecular flexibility index (Phi) is 7.88. The van der Waals surface area contributed by atoms with E-state index in [1.165, 1.54) is 20.0 Å². The lowest BCUT2D eigenvalue weighted by molar-refractivity contribution is -0.153. The summed E-state index contributed by atoms with van der Waals surface area (Å²) in [4.78, 5) is 13.7. The molecule has 0 aliphatic carbocycles. The van der Waals surface area contributed by atoms with Gasteiger partial charge in [-0.3, -0.25) is 9.69 Å². The van der Waals surface area contributed by atoms with Crippen molar-refractivity contribution < 1.29 is 9.53 Å². The molecule has 1 atom stereocenters. The molecule has 3 heteroatoms. The van der Waals surface area contributed by atoms with Crippen molar-refractivity contribution in [3.05, 3.63) is 12.7 Å². The second-order valence-corrected chi connectivity index (χ2v) is 4.90. The summed E-state index contributed by atoms with van der Waals surface area (Å²) in [6.07, 6.45) is 8.51. The van der Waals surface area contributed by atoms with E-state index in [9.17, 15) is 4.79 Å². The molecule has 0 aromatic carbocycles. The highest BCUT2D eigenvalue weighted by atomic mass is 16.5. The zero-order valence-corrected chi connectivity index (χ0v) is 11.8. The van der Waals surface area contributed by atoms with Gasteiger partial charge in [0.2, 0.25) is 0 Å². The van der Waals surface area contributed by atoms with Gasteiger partial charge in [0.15, 0.2) is 0 Å². The quantitative estimate of drug-likeness (QED) is 0.353. The molecule has 0 amide bonds. The van der Waals surface area contributed by atoms with Crippen molar-refractivity contribution in [2.24, 2.45) is 0 Å². The minimum Gasteiger partial charge on any atom is -0.468 e. The molecule has 0 N–H and O–H groups in total. The maximum atomic E-state index is 11.8. The first kappa shape index (κ1) is 16.2. The highest BCUT2D eigenvalue weighted by molar-refractivity contribution is 5.80. The van der Waals surface area contributed by atoms with Crippen molar-refractivity contribution >= 4 is 5.97 Å². The highest BCUT2D eigenvalue weighted by Crippen LogP contribution is 2.22. The first-order valence-electron chi connectivity index (χ1n) is 6.35. The van der Waals surface area contributed by atoms with Gasteiger partial charge in [-0.1, -0.05) is 25.3 Å². The van der Waals surface area contributed by atoms with Gasteiger partial charge in [0, 0.05) is 0 Å². The lowest BCUT2D eigenvalue weighted by Gasteiger charge is -2.33. The van der Waals surface area contributed by atoms with E-state index in [1.54, 1.807) is 0 Å². The Labute approximate surface area is 106 Å². The number of allylic oxidation sites excluding steroid dienone is 1. The average Bonchev–Trinajstić information content (AvgIpc) is 2.31. The summed E-state index contributed by atoms with van der Waals surface area (Å²) in [5.74, 6) is -0.145. The van der Waals surface area contributed by atoms with E-state index in [-0.39, 0.29) is 5.97 Å². The summed E-state index contributed by atoms with van der Waals surface area (Å²) >= 11 is 0. The third-order valence-electron chi connectivity index (χ3n) is 3.43. The van der Waals surface area contributed by atoms with E-state index in [1.807, 2.05) is 32.0 Å². The molecule has 0 fully saturated rings. The van der Waals surface area contributed by atoms with Crippen LogP contribution < -0.4 is 0 Å². The summed E-state index contributed by atoms with van der Waals surface area (Å²) in [5.41, 5.74) is -0.493. The van der Waals surface area contributed by atoms with Gasteiger partial charge in [-0.15, -0.1) is 6.58 Å². The average molecular weight is 241 g/mol. The smallest absolute Gasteiger partial charge is 0.325 e. The molecule has 0 saturated carbocycles. The number of carbonyl (C=O) groups is 1. The van der Waals surface area contributed by atoms with Crippen LogP contribution in [0.15, 0.2) is 12.7 Å². The fourth-order valence-corrected chi connectivity index (χ4v) is 1.84. The summed E-state index contributed by atoms with van der Waals surface area (Å²) in [5, 5.41) is 0. The first-order valence-corrected chi connectivity index (χ1v) is 6.35. The number of likely N-dealkylation sites (N-methyl/N-ethyl adjacent to an activating group) is 1. The number of unbranched alkanes of at least 4 members (excludes halogenated alkanes) is 4. The molecule has 0 spiro atoms. The molecular weight excluding hydrogens is 214 g/mol. The third kappa shape index (κ3) is 5.35. The molecule has 3 nitrogen and oxygen atoms in total. The van der Waals surface area contributed by atoms with Gasteiger partial charge in [0.25, 0.3) is 0 Å². The van der Waals surface area contributed by atoms with Gasteiger partial charge in [0.1, 0.15) is 5.54 Å². The zero-order valence-electron chi connectivity index (χ0n) is 11.8. The number of hydrogen-bond acceptors (Lipinski definition) is 3. The van der Waals surface area contributed by atoms with Crippen LogP contribution >= 0.6 is 0 Å². The summed E-state index contributed by atoms with van der Waals surface area (Å²) in [7, 11) is 5.30. The first-order chi connectivity index (χ1) is 7.99. The molecule has 0 aliphatic rings. The van der Waals surface area contributed by atoms with Crippen LogP contribution in [-0.4, -0.2) is 37.6 Å². The Morgan fingerprint density at radius 3 is 2.35 bits per heavy atom. The molecule has 17 heavy (non-hydrogen) atoms. The Balaban J connectivity index is 4.02. The molecule has 0 rings (SSSR count). The van der Waals surface area contributed by atoms with E-state index >= 15 is 0 Å². The van der Waals surface area contributed by atoms with Gasteiger partial charge in [-0.05, 0) is 40.3 Å². The summed E-state index contributed by atoms with van der Waals surface area (Å²) in [6, 6.07) is 0. The van der Waals surface area contributed by atoms with E-state index in [0.717, 1.165) is 25.7 Å². The van der Waals surface area contributed by atoms with Gasteiger partial charge < -0.3 is 4.74 Å². The predicted octanol–water partition coefficient (Wildman–Crippen LogP) is 3.01. The van der Waals surface area contributed by atoms with Crippen LogP contribution in [-0.2, 0) is 9.53 Å². The fourth-order valence-electron chi connectivity index (χ4n) is 1.84. The van der Waals surface area contributed by atoms with E-state index < -0.39 is 5.54 Å². The molecule has 0 radical (unpaired) electrons. The highest BCUT2D eigenvalue weighted by Gasteiger charge is 2.35. The van der Waals surface area contributed by atoms with Gasteiger partial charge in [-0.25, -0.2) is 0 Å². The number of carbonyl (C=O) groups excluding carboxylic acids is 1. The van der Waals surface area contributed by atoms with Crippen LogP contribution in [0.3, 0.4) is 0 Å². The Morgan fingerprint density at radius 1 is 1.29 bits per heavy atom. The van der Waals surface area contributed by atoms with Crippen LogP contribution in [0.25, 0.3) is 0 Å². The Morgan fingerprint density at radius 2 is 1.88 bits per heavy atom. The molecule has 0 aliphatic heterocycles. The molecule has 0 aromatic heterocycles. The topological polar surface area (TPSA) is 29.5 Å². The Bertz CT molecular complexity index is 238. The van der Waals surface area contributed by atoms with E-state index in [2.05, 4.69) is 6.58 Å². The maximum Gasteiger partial charge on any atom is 0.325 e. The second kappa shape index (κ2) is 8.29. The minimum absolute atomic E-state index is 0.145. The van der Waals surface area contributed by atoms with Crippen molar-refractivity contribution in [1.29, 1.82) is 0 Å². The molecule has 100 valence electrons. The zero-order chi connectivity index (χ0) is 13.3. The van der Waals surface area contributed by atoms with E-state index in [0.29, 0.717) is 0 Å². The van der Waals surface area contributed by atoms with Crippen LogP contribution in [0, 0.1) is 0 Å². The largest absolute Gasteiger partial charge is 0.468 e. The standard InChI is InChI=1S/C14H27NO2/c1-6-7-8-9-10-11-12-14(2,15(3)4)13(16)17-5/h6H,1,7-12H2,2-5H3/t14-/m0/s1. The fraction of sp³-hybridized carbons (Fsp3) is 0.786. The van der Waals surface area contributed by atoms with Gasteiger partial charge in [-0.2, -0.15) is 0 Å². The third-order valence-corrected chi connectivity index (χ3v) is 3.43. The van der Waals surface area contributed by atoms with Crippen LogP contribution in [0.2, 0.25) is 0 Å². The Hall–Kier alpha value is -0.830. The van der Waals surface area contributed by atoms with Crippen molar-refractivity contribution in [3.63, 3.8) is 0 Å². The monoisotopic (exact) mass is 241 g/mol. The van der Waals surface area contributed by atoms with Crippen molar-refractivity contribution in [3.8, 4) is 0 Å². The summed E-state index contributed by atoms with van der Waals surface area (Å²) < 4.78 is 4.88. The van der Waals surface area contributed by atoms with Gasteiger partial charge in [0.05, 0.1) is 7.11 Å². The normalized spacial score (nSPS) is 14.4. The molecule has 0 aromatic rings. The summed E-state index contributed by atoms with van der Waals surface area (Å²) in [6.45, 7) is 5.65. The van der Waals surface area contributed by atoms with Crippen LogP contribution in [0.4, 0.5) is 0 Å². The van der Waals surface area contributed by atoms with Crippen molar-refractivity contribution in [2.75, 3.05) is 21.2 Å². The molecule has 0 heterocycles. The van der Waals surface area contributed by atoms with Crippen molar-refractivity contribution in [2.45, 2.75) is 51.0 Å². The second-order valence-electron chi connectivity index (χ2n) is 4.90. The van der Waals surface area contributed by atoms with Gasteiger partial charge >= 0.3 is 5.97 Å². The number of methoxy groups -OCH3 is 1. The number of ether oxygens (including phenoxy) is 1. The van der Waals surface area contributed by atoms with E-state index in [4.69, 9.17) is 4.74 Å².